The van der Waals surface area contributed by atoms with Gasteiger partial charge in [-0.05, 0) is 61.7 Å². The molecule has 0 radical (unpaired) electrons. The first-order chi connectivity index (χ1) is 17.6. The SMILES string of the molecule is CC[C@H](NC(=O)CN(c1ccc(OC)c(OC)c1)S(=O)(=O)c1ccc(C)cc1)c1ccc(OC)c(C)c1. The van der Waals surface area contributed by atoms with Gasteiger partial charge in [0, 0.05) is 6.07 Å². The van der Waals surface area contributed by atoms with Crippen LogP contribution in [0.15, 0.2) is 65.6 Å². The van der Waals surface area contributed by atoms with E-state index in [0.717, 1.165) is 26.7 Å². The average Bonchev–Trinajstić information content (AvgIpc) is 2.90. The number of hydrogen-bond acceptors (Lipinski definition) is 6. The number of ether oxygens (including phenoxy) is 3. The highest BCUT2D eigenvalue weighted by molar-refractivity contribution is 7.92. The standard InChI is InChI=1S/C28H34N2O6S/c1-7-24(21-10-14-25(34-4)20(3)16-21)29-28(31)18-30(22-11-15-26(35-5)27(17-22)36-6)37(32,33)23-12-8-19(2)9-13-23/h8-17,24H,7,18H2,1-6H3,(H,29,31)/t24-/m0/s1. The van der Waals surface area contributed by atoms with E-state index in [1.54, 1.807) is 37.4 Å². The van der Waals surface area contributed by atoms with Crippen LogP contribution in [-0.4, -0.2) is 42.2 Å². The van der Waals surface area contributed by atoms with Crippen LogP contribution < -0.4 is 23.8 Å². The molecule has 9 heteroatoms. The fourth-order valence-electron chi connectivity index (χ4n) is 4.04. The summed E-state index contributed by atoms with van der Waals surface area (Å²) in [5.74, 6) is 1.12. The van der Waals surface area contributed by atoms with Gasteiger partial charge in [0.2, 0.25) is 5.91 Å². The molecule has 0 aliphatic heterocycles. The molecule has 198 valence electrons. The highest BCUT2D eigenvalue weighted by Crippen LogP contribution is 2.34. The van der Waals surface area contributed by atoms with E-state index in [4.69, 9.17) is 14.2 Å². The lowest BCUT2D eigenvalue weighted by molar-refractivity contribution is -0.120. The van der Waals surface area contributed by atoms with Gasteiger partial charge < -0.3 is 19.5 Å². The third-order valence-electron chi connectivity index (χ3n) is 6.12. The van der Waals surface area contributed by atoms with Crippen LogP contribution in [0, 0.1) is 13.8 Å². The van der Waals surface area contributed by atoms with Gasteiger partial charge in [-0.15, -0.1) is 0 Å². The summed E-state index contributed by atoms with van der Waals surface area (Å²) < 4.78 is 44.6. The average molecular weight is 527 g/mol. The van der Waals surface area contributed by atoms with Gasteiger partial charge in [-0.2, -0.15) is 0 Å². The van der Waals surface area contributed by atoms with Crippen LogP contribution in [0.5, 0.6) is 17.2 Å². The molecular formula is C28H34N2O6S. The predicted molar refractivity (Wildman–Crippen MR) is 144 cm³/mol. The van der Waals surface area contributed by atoms with Crippen molar-refractivity contribution in [3.63, 3.8) is 0 Å². The Balaban J connectivity index is 1.97. The molecule has 3 aromatic rings. The molecule has 0 heterocycles. The third-order valence-corrected chi connectivity index (χ3v) is 7.90. The van der Waals surface area contributed by atoms with E-state index in [0.29, 0.717) is 17.9 Å². The quantitative estimate of drug-likeness (QED) is 0.386. The largest absolute Gasteiger partial charge is 0.496 e. The van der Waals surface area contributed by atoms with E-state index in [1.807, 2.05) is 39.0 Å². The molecule has 0 aliphatic carbocycles. The minimum absolute atomic E-state index is 0.0819. The Kier molecular flexibility index (Phi) is 9.04. The summed E-state index contributed by atoms with van der Waals surface area (Å²) in [6, 6.07) is 16.7. The summed E-state index contributed by atoms with van der Waals surface area (Å²) in [6.07, 6.45) is 0.624. The molecule has 0 bridgehead atoms. The van der Waals surface area contributed by atoms with E-state index in [9.17, 15) is 13.2 Å². The number of hydrogen-bond donors (Lipinski definition) is 1. The summed E-state index contributed by atoms with van der Waals surface area (Å²) in [7, 11) is 0.501. The molecule has 0 fully saturated rings. The first kappa shape index (κ1) is 27.9. The summed E-state index contributed by atoms with van der Waals surface area (Å²) in [5, 5.41) is 2.99. The van der Waals surface area contributed by atoms with Crippen molar-refractivity contribution in [1.82, 2.24) is 5.32 Å². The second-order valence-electron chi connectivity index (χ2n) is 8.62. The smallest absolute Gasteiger partial charge is 0.264 e. The van der Waals surface area contributed by atoms with Crippen LogP contribution in [-0.2, 0) is 14.8 Å². The molecule has 3 rings (SSSR count). The first-order valence-corrected chi connectivity index (χ1v) is 13.3. The van der Waals surface area contributed by atoms with Crippen molar-refractivity contribution >= 4 is 21.6 Å². The van der Waals surface area contributed by atoms with Gasteiger partial charge in [0.25, 0.3) is 10.0 Å². The normalized spacial score (nSPS) is 11.9. The highest BCUT2D eigenvalue weighted by atomic mass is 32.2. The van der Waals surface area contributed by atoms with Crippen LogP contribution in [0.2, 0.25) is 0 Å². The van der Waals surface area contributed by atoms with Crippen molar-refractivity contribution < 1.29 is 27.4 Å². The lowest BCUT2D eigenvalue weighted by atomic mass is 10.0. The number of methoxy groups -OCH3 is 3. The maximum atomic E-state index is 13.7. The van der Waals surface area contributed by atoms with Crippen LogP contribution in [0.3, 0.4) is 0 Å². The second-order valence-corrected chi connectivity index (χ2v) is 10.5. The number of nitrogens with zero attached hydrogens (tertiary/aromatic N) is 1. The monoisotopic (exact) mass is 526 g/mol. The molecule has 1 N–H and O–H groups in total. The number of benzene rings is 3. The fourth-order valence-corrected chi connectivity index (χ4v) is 5.46. The summed E-state index contributed by atoms with van der Waals surface area (Å²) in [4.78, 5) is 13.4. The molecule has 0 unspecified atom stereocenters. The Morgan fingerprint density at radius 2 is 1.49 bits per heavy atom. The number of aryl methyl sites for hydroxylation is 2. The summed E-state index contributed by atoms with van der Waals surface area (Å²) >= 11 is 0. The second kappa shape index (κ2) is 12.0. The molecule has 0 saturated heterocycles. The molecule has 1 amide bonds. The number of sulfonamides is 1. The molecule has 1 atom stereocenters. The molecule has 0 aliphatic rings. The third kappa shape index (κ3) is 6.35. The van der Waals surface area contributed by atoms with E-state index in [2.05, 4.69) is 5.32 Å². The lowest BCUT2D eigenvalue weighted by Crippen LogP contribution is -2.42. The topological polar surface area (TPSA) is 94.2 Å². The van der Waals surface area contributed by atoms with Crippen molar-refractivity contribution in [3.8, 4) is 17.2 Å². The minimum Gasteiger partial charge on any atom is -0.496 e. The van der Waals surface area contributed by atoms with Crippen LogP contribution >= 0.6 is 0 Å². The van der Waals surface area contributed by atoms with E-state index in [1.165, 1.54) is 26.4 Å². The van der Waals surface area contributed by atoms with Crippen molar-refractivity contribution in [2.75, 3.05) is 32.2 Å². The van der Waals surface area contributed by atoms with Crippen molar-refractivity contribution in [2.45, 2.75) is 38.1 Å². The van der Waals surface area contributed by atoms with Crippen LogP contribution in [0.25, 0.3) is 0 Å². The van der Waals surface area contributed by atoms with Gasteiger partial charge in [-0.25, -0.2) is 8.42 Å². The van der Waals surface area contributed by atoms with E-state index < -0.39 is 22.5 Å². The van der Waals surface area contributed by atoms with E-state index >= 15 is 0 Å². The van der Waals surface area contributed by atoms with Gasteiger partial charge in [0.1, 0.15) is 12.3 Å². The number of nitrogens with one attached hydrogen (secondary N) is 1. The molecule has 0 aromatic heterocycles. The Morgan fingerprint density at radius 1 is 0.865 bits per heavy atom. The summed E-state index contributed by atoms with van der Waals surface area (Å²) in [6.45, 7) is 5.35. The Morgan fingerprint density at radius 3 is 2.05 bits per heavy atom. The van der Waals surface area contributed by atoms with Crippen molar-refractivity contribution in [2.24, 2.45) is 0 Å². The van der Waals surface area contributed by atoms with Crippen molar-refractivity contribution in [1.29, 1.82) is 0 Å². The number of rotatable bonds is 11. The van der Waals surface area contributed by atoms with Gasteiger partial charge >= 0.3 is 0 Å². The fraction of sp³-hybridized carbons (Fsp3) is 0.321. The Labute approximate surface area is 219 Å². The first-order valence-electron chi connectivity index (χ1n) is 11.9. The summed E-state index contributed by atoms with van der Waals surface area (Å²) in [5.41, 5.74) is 3.06. The van der Waals surface area contributed by atoms with E-state index in [-0.39, 0.29) is 16.6 Å². The lowest BCUT2D eigenvalue weighted by Gasteiger charge is -2.26. The van der Waals surface area contributed by atoms with Gasteiger partial charge in [-0.3, -0.25) is 9.10 Å². The molecule has 0 spiro atoms. The molecule has 3 aromatic carbocycles. The number of amides is 1. The zero-order valence-electron chi connectivity index (χ0n) is 22.1. The Bertz CT molecular complexity index is 1340. The van der Waals surface area contributed by atoms with Crippen LogP contribution in [0.4, 0.5) is 5.69 Å². The van der Waals surface area contributed by atoms with Gasteiger partial charge in [0.15, 0.2) is 11.5 Å². The van der Waals surface area contributed by atoms with Gasteiger partial charge in [0.05, 0.1) is 38.0 Å². The Hall–Kier alpha value is -3.72. The molecule has 0 saturated carbocycles. The van der Waals surface area contributed by atoms with Crippen LogP contribution in [0.1, 0.15) is 36.1 Å². The minimum atomic E-state index is -4.07. The maximum Gasteiger partial charge on any atom is 0.264 e. The van der Waals surface area contributed by atoms with Gasteiger partial charge in [-0.1, -0.05) is 36.8 Å². The molecular weight excluding hydrogens is 492 g/mol. The highest BCUT2D eigenvalue weighted by Gasteiger charge is 2.29. The number of anilines is 1. The molecule has 37 heavy (non-hydrogen) atoms. The maximum absolute atomic E-state index is 13.7. The predicted octanol–water partition coefficient (Wildman–Crippen LogP) is 4.79. The van der Waals surface area contributed by atoms with Crippen molar-refractivity contribution in [3.05, 3.63) is 77.4 Å². The number of carbonyl (C=O) groups is 1. The molecule has 8 nitrogen and oxygen atoms in total. The zero-order chi connectivity index (χ0) is 27.2. The zero-order valence-corrected chi connectivity index (χ0v) is 22.9. The number of carbonyl (C=O) groups excluding carboxylic acids is 1.